The summed E-state index contributed by atoms with van der Waals surface area (Å²) in [5.41, 5.74) is 1.11. The molecule has 0 bridgehead atoms. The van der Waals surface area contributed by atoms with E-state index in [2.05, 4.69) is 17.3 Å². The van der Waals surface area contributed by atoms with Crippen molar-refractivity contribution in [3.05, 3.63) is 18.0 Å². The van der Waals surface area contributed by atoms with Crippen LogP contribution in [0.4, 0.5) is 0 Å². The van der Waals surface area contributed by atoms with Gasteiger partial charge in [-0.1, -0.05) is 0 Å². The topological polar surface area (TPSA) is 64.0 Å². The highest BCUT2D eigenvalue weighted by Crippen LogP contribution is 2.17. The molecule has 0 aromatic carbocycles. The number of aryl methyl sites for hydroxylation is 1. The minimum atomic E-state index is -2.84. The third-order valence-electron chi connectivity index (χ3n) is 3.43. The van der Waals surface area contributed by atoms with Crippen molar-refractivity contribution in [1.82, 2.24) is 15.1 Å². The van der Waals surface area contributed by atoms with E-state index in [1.54, 1.807) is 0 Å². The van der Waals surface area contributed by atoms with Crippen LogP contribution in [0.25, 0.3) is 0 Å². The highest BCUT2D eigenvalue weighted by atomic mass is 32.2. The van der Waals surface area contributed by atoms with Gasteiger partial charge in [0.05, 0.1) is 17.7 Å². The first kappa shape index (κ1) is 13.5. The van der Waals surface area contributed by atoms with Crippen molar-refractivity contribution in [1.29, 1.82) is 0 Å². The van der Waals surface area contributed by atoms with Crippen molar-refractivity contribution in [3.8, 4) is 0 Å². The van der Waals surface area contributed by atoms with Crippen molar-refractivity contribution in [2.24, 2.45) is 0 Å². The molecule has 1 fully saturated rings. The Balaban J connectivity index is 1.96. The van der Waals surface area contributed by atoms with Crippen LogP contribution in [0.2, 0.25) is 0 Å². The smallest absolute Gasteiger partial charge is 0.151 e. The Morgan fingerprint density at radius 2 is 2.39 bits per heavy atom. The molecule has 2 unspecified atom stereocenters. The predicted molar refractivity (Wildman–Crippen MR) is 71.1 cm³/mol. The normalized spacial score (nSPS) is 24.9. The second-order valence-electron chi connectivity index (χ2n) is 4.97. The summed E-state index contributed by atoms with van der Waals surface area (Å²) in [6.45, 7) is 4.95. The van der Waals surface area contributed by atoms with Gasteiger partial charge in [0.15, 0.2) is 9.84 Å². The Morgan fingerprint density at radius 1 is 1.61 bits per heavy atom. The second kappa shape index (κ2) is 5.40. The van der Waals surface area contributed by atoms with E-state index < -0.39 is 9.84 Å². The van der Waals surface area contributed by atoms with Crippen LogP contribution in [0.3, 0.4) is 0 Å². The number of nitrogens with one attached hydrogen (secondary N) is 1. The fraction of sp³-hybridized carbons (Fsp3) is 0.750. The van der Waals surface area contributed by atoms with Gasteiger partial charge in [-0.2, -0.15) is 5.10 Å². The maximum absolute atomic E-state index is 11.6. The first-order valence-corrected chi connectivity index (χ1v) is 8.31. The van der Waals surface area contributed by atoms with E-state index in [4.69, 9.17) is 0 Å². The van der Waals surface area contributed by atoms with Crippen molar-refractivity contribution >= 4 is 9.84 Å². The van der Waals surface area contributed by atoms with Gasteiger partial charge in [-0.25, -0.2) is 8.42 Å². The molecule has 1 N–H and O–H groups in total. The summed E-state index contributed by atoms with van der Waals surface area (Å²) in [5.74, 6) is 0.604. The molecule has 1 aromatic heterocycles. The molecule has 0 spiro atoms. The zero-order chi connectivity index (χ0) is 13.2. The molecule has 2 rings (SSSR count). The Hall–Kier alpha value is -0.880. The van der Waals surface area contributed by atoms with Crippen LogP contribution in [-0.4, -0.2) is 35.7 Å². The molecule has 1 aliphatic rings. The zero-order valence-electron chi connectivity index (χ0n) is 11.0. The fourth-order valence-electron chi connectivity index (χ4n) is 2.38. The van der Waals surface area contributed by atoms with Gasteiger partial charge < -0.3 is 5.32 Å². The van der Waals surface area contributed by atoms with Gasteiger partial charge in [0.2, 0.25) is 0 Å². The second-order valence-corrected chi connectivity index (χ2v) is 7.20. The number of hydrogen-bond donors (Lipinski definition) is 1. The van der Waals surface area contributed by atoms with Crippen molar-refractivity contribution in [2.75, 3.05) is 11.5 Å². The third-order valence-corrected chi connectivity index (χ3v) is 5.25. The van der Waals surface area contributed by atoms with E-state index in [0.29, 0.717) is 5.75 Å². The number of rotatable bonds is 4. The molecule has 6 heteroatoms. The lowest BCUT2D eigenvalue weighted by Gasteiger charge is -2.26. The average Bonchev–Trinajstić information content (AvgIpc) is 2.76. The highest BCUT2D eigenvalue weighted by Gasteiger charge is 2.25. The molecule has 2 atom stereocenters. The lowest BCUT2D eigenvalue weighted by molar-refractivity contribution is 0.437. The van der Waals surface area contributed by atoms with Crippen LogP contribution in [0, 0.1) is 0 Å². The van der Waals surface area contributed by atoms with Gasteiger partial charge in [-0.15, -0.1) is 0 Å². The molecule has 18 heavy (non-hydrogen) atoms. The maximum Gasteiger partial charge on any atom is 0.151 e. The van der Waals surface area contributed by atoms with Gasteiger partial charge >= 0.3 is 0 Å². The average molecular weight is 271 g/mol. The first-order chi connectivity index (χ1) is 8.50. The predicted octanol–water partition coefficient (Wildman–Crippen LogP) is 1.13. The van der Waals surface area contributed by atoms with E-state index in [1.807, 2.05) is 24.0 Å². The largest absolute Gasteiger partial charge is 0.306 e. The van der Waals surface area contributed by atoms with E-state index in [0.717, 1.165) is 24.9 Å². The summed E-state index contributed by atoms with van der Waals surface area (Å²) in [6.07, 6.45) is 5.56. The van der Waals surface area contributed by atoms with E-state index >= 15 is 0 Å². The number of nitrogens with zero attached hydrogens (tertiary/aromatic N) is 2. The highest BCUT2D eigenvalue weighted by molar-refractivity contribution is 7.91. The quantitative estimate of drug-likeness (QED) is 0.891. The van der Waals surface area contributed by atoms with E-state index in [9.17, 15) is 8.42 Å². The monoisotopic (exact) mass is 271 g/mol. The van der Waals surface area contributed by atoms with Crippen LogP contribution in [0.1, 0.15) is 38.3 Å². The maximum atomic E-state index is 11.6. The molecule has 1 aromatic rings. The molecule has 0 radical (unpaired) electrons. The number of hydrogen-bond acceptors (Lipinski definition) is 4. The molecule has 1 aliphatic heterocycles. The van der Waals surface area contributed by atoms with Crippen LogP contribution < -0.4 is 5.32 Å². The molecule has 0 amide bonds. The standard InChI is InChI=1S/C12H21N3O2S/c1-3-15-8-11(7-13-15)10(2)14-12-5-4-6-18(16,17)9-12/h7-8,10,12,14H,3-6,9H2,1-2H3. The Bertz CT molecular complexity index is 495. The zero-order valence-corrected chi connectivity index (χ0v) is 11.8. The van der Waals surface area contributed by atoms with Crippen molar-refractivity contribution in [2.45, 2.75) is 45.3 Å². The van der Waals surface area contributed by atoms with Crippen LogP contribution >= 0.6 is 0 Å². The molecule has 5 nitrogen and oxygen atoms in total. The van der Waals surface area contributed by atoms with Crippen LogP contribution in [-0.2, 0) is 16.4 Å². The van der Waals surface area contributed by atoms with Crippen molar-refractivity contribution in [3.63, 3.8) is 0 Å². The molecule has 2 heterocycles. The summed E-state index contributed by atoms with van der Waals surface area (Å²) in [6, 6.07) is 0.215. The fourth-order valence-corrected chi connectivity index (χ4v) is 4.03. The Morgan fingerprint density at radius 3 is 3.00 bits per heavy atom. The summed E-state index contributed by atoms with van der Waals surface area (Å²) in [7, 11) is -2.84. The SMILES string of the molecule is CCn1cc(C(C)NC2CCCS(=O)(=O)C2)cn1. The van der Waals surface area contributed by atoms with E-state index in [-0.39, 0.29) is 17.8 Å². The molecule has 102 valence electrons. The van der Waals surface area contributed by atoms with Crippen molar-refractivity contribution < 1.29 is 8.42 Å². The van der Waals surface area contributed by atoms with Gasteiger partial charge in [0, 0.05) is 30.4 Å². The number of sulfone groups is 1. The van der Waals surface area contributed by atoms with Crippen LogP contribution in [0.5, 0.6) is 0 Å². The van der Waals surface area contributed by atoms with E-state index in [1.165, 1.54) is 0 Å². The molecular weight excluding hydrogens is 250 g/mol. The summed E-state index contributed by atoms with van der Waals surface area (Å²) in [4.78, 5) is 0. The molecule has 1 saturated heterocycles. The lowest BCUT2D eigenvalue weighted by Crippen LogP contribution is -2.41. The lowest BCUT2D eigenvalue weighted by atomic mass is 10.1. The molecular formula is C12H21N3O2S. The summed E-state index contributed by atoms with van der Waals surface area (Å²) >= 11 is 0. The molecule has 0 saturated carbocycles. The minimum absolute atomic E-state index is 0.0729. The summed E-state index contributed by atoms with van der Waals surface area (Å²) < 4.78 is 25.0. The van der Waals surface area contributed by atoms with Crippen LogP contribution in [0.15, 0.2) is 12.4 Å². The third kappa shape index (κ3) is 3.32. The first-order valence-electron chi connectivity index (χ1n) is 6.49. The van der Waals surface area contributed by atoms with Gasteiger partial charge in [0.1, 0.15) is 0 Å². The molecule has 0 aliphatic carbocycles. The minimum Gasteiger partial charge on any atom is -0.306 e. The Kier molecular flexibility index (Phi) is 4.07. The van der Waals surface area contributed by atoms with Gasteiger partial charge in [0.25, 0.3) is 0 Å². The summed E-state index contributed by atoms with van der Waals surface area (Å²) in [5, 5.41) is 7.63. The Labute approximate surface area is 108 Å². The van der Waals surface area contributed by atoms with Gasteiger partial charge in [-0.05, 0) is 26.7 Å². The number of aromatic nitrogens is 2. The van der Waals surface area contributed by atoms with Gasteiger partial charge in [-0.3, -0.25) is 4.68 Å².